The van der Waals surface area contributed by atoms with Crippen LogP contribution in [0.5, 0.6) is 5.75 Å². The van der Waals surface area contributed by atoms with Gasteiger partial charge in [0.25, 0.3) is 5.56 Å². The molecule has 0 saturated heterocycles. The Kier molecular flexibility index (Phi) is 3.27. The summed E-state index contributed by atoms with van der Waals surface area (Å²) in [7, 11) is 1.57. The molecule has 2 N–H and O–H groups in total. The number of fused-ring (bicyclic) bond motifs is 1. The van der Waals surface area contributed by atoms with Crippen LogP contribution in [0.4, 0.5) is 5.95 Å². The van der Waals surface area contributed by atoms with Crippen LogP contribution in [-0.4, -0.2) is 23.6 Å². The van der Waals surface area contributed by atoms with Gasteiger partial charge in [-0.1, -0.05) is 6.92 Å². The number of hydrogen-bond donors (Lipinski definition) is 2. The number of anilines is 1. The number of rotatable bonds is 4. The van der Waals surface area contributed by atoms with Gasteiger partial charge in [0.2, 0.25) is 5.95 Å². The molecule has 1 heterocycles. The van der Waals surface area contributed by atoms with E-state index in [1.807, 2.05) is 0 Å². The van der Waals surface area contributed by atoms with Crippen molar-refractivity contribution in [2.45, 2.75) is 13.3 Å². The Labute approximate surface area is 98.8 Å². The van der Waals surface area contributed by atoms with Gasteiger partial charge in [-0.25, -0.2) is 4.98 Å². The van der Waals surface area contributed by atoms with Crippen LogP contribution in [-0.2, 0) is 0 Å². The van der Waals surface area contributed by atoms with Crippen LogP contribution < -0.4 is 15.6 Å². The molecule has 0 amide bonds. The van der Waals surface area contributed by atoms with E-state index in [4.69, 9.17) is 4.74 Å². The molecule has 1 aromatic heterocycles. The van der Waals surface area contributed by atoms with Gasteiger partial charge in [-0.15, -0.1) is 0 Å². The van der Waals surface area contributed by atoms with E-state index in [1.54, 1.807) is 25.3 Å². The SMILES string of the molecule is CCCNc1nc2ccc(OC)cc2c(=O)[nH]1. The topological polar surface area (TPSA) is 67.0 Å². The van der Waals surface area contributed by atoms with Crippen LogP contribution in [0.1, 0.15) is 13.3 Å². The lowest BCUT2D eigenvalue weighted by Crippen LogP contribution is -2.13. The minimum absolute atomic E-state index is 0.160. The fraction of sp³-hybridized carbons (Fsp3) is 0.333. The lowest BCUT2D eigenvalue weighted by molar-refractivity contribution is 0.415. The molecule has 0 aliphatic carbocycles. The highest BCUT2D eigenvalue weighted by atomic mass is 16.5. The molecule has 17 heavy (non-hydrogen) atoms. The number of methoxy groups -OCH3 is 1. The van der Waals surface area contributed by atoms with E-state index in [-0.39, 0.29) is 5.56 Å². The zero-order chi connectivity index (χ0) is 12.3. The minimum atomic E-state index is -0.160. The maximum atomic E-state index is 11.8. The quantitative estimate of drug-likeness (QED) is 0.844. The molecule has 0 saturated carbocycles. The molecule has 0 atom stereocenters. The van der Waals surface area contributed by atoms with Crippen molar-refractivity contribution in [2.75, 3.05) is 19.0 Å². The van der Waals surface area contributed by atoms with Crippen molar-refractivity contribution >= 4 is 16.9 Å². The molecule has 5 nitrogen and oxygen atoms in total. The van der Waals surface area contributed by atoms with Crippen LogP contribution in [0.25, 0.3) is 10.9 Å². The largest absolute Gasteiger partial charge is 0.497 e. The Balaban J connectivity index is 2.48. The summed E-state index contributed by atoms with van der Waals surface area (Å²) in [5.74, 6) is 1.16. The van der Waals surface area contributed by atoms with Gasteiger partial charge in [0, 0.05) is 6.54 Å². The van der Waals surface area contributed by atoms with Crippen LogP contribution >= 0.6 is 0 Å². The Hall–Kier alpha value is -2.04. The number of nitrogens with zero attached hydrogens (tertiary/aromatic N) is 1. The van der Waals surface area contributed by atoms with Gasteiger partial charge in [-0.2, -0.15) is 0 Å². The number of hydrogen-bond acceptors (Lipinski definition) is 4. The van der Waals surface area contributed by atoms with Crippen molar-refractivity contribution in [3.05, 3.63) is 28.6 Å². The molecule has 0 aliphatic rings. The summed E-state index contributed by atoms with van der Waals surface area (Å²) in [4.78, 5) is 18.9. The second-order valence-electron chi connectivity index (χ2n) is 3.72. The lowest BCUT2D eigenvalue weighted by Gasteiger charge is -2.05. The maximum absolute atomic E-state index is 11.8. The molecule has 0 bridgehead atoms. The van der Waals surface area contributed by atoms with E-state index in [0.29, 0.717) is 22.6 Å². The molecule has 0 fully saturated rings. The first-order valence-electron chi connectivity index (χ1n) is 5.56. The molecule has 5 heteroatoms. The van der Waals surface area contributed by atoms with Crippen LogP contribution in [0.15, 0.2) is 23.0 Å². The monoisotopic (exact) mass is 233 g/mol. The number of nitrogens with one attached hydrogen (secondary N) is 2. The average molecular weight is 233 g/mol. The maximum Gasteiger partial charge on any atom is 0.260 e. The van der Waals surface area contributed by atoms with Crippen molar-refractivity contribution in [3.8, 4) is 5.75 Å². The molecule has 0 aliphatic heterocycles. The van der Waals surface area contributed by atoms with Crippen molar-refractivity contribution in [1.82, 2.24) is 9.97 Å². The van der Waals surface area contributed by atoms with E-state index in [9.17, 15) is 4.79 Å². The molecular formula is C12H15N3O2. The normalized spacial score (nSPS) is 10.5. The molecule has 90 valence electrons. The summed E-state index contributed by atoms with van der Waals surface area (Å²) in [6.45, 7) is 2.83. The standard InChI is InChI=1S/C12H15N3O2/c1-3-6-13-12-14-10-5-4-8(17-2)7-9(10)11(16)15-12/h4-5,7H,3,6H2,1-2H3,(H2,13,14,15,16). The number of H-pyrrole nitrogens is 1. The second kappa shape index (κ2) is 4.86. The Morgan fingerprint density at radius 1 is 1.47 bits per heavy atom. The third-order valence-corrected chi connectivity index (χ3v) is 2.45. The fourth-order valence-corrected chi connectivity index (χ4v) is 1.57. The van der Waals surface area contributed by atoms with Gasteiger partial charge in [-0.3, -0.25) is 9.78 Å². The van der Waals surface area contributed by atoms with E-state index in [2.05, 4.69) is 22.2 Å². The van der Waals surface area contributed by atoms with E-state index >= 15 is 0 Å². The van der Waals surface area contributed by atoms with E-state index in [0.717, 1.165) is 13.0 Å². The first-order chi connectivity index (χ1) is 8.24. The van der Waals surface area contributed by atoms with Crippen molar-refractivity contribution in [1.29, 1.82) is 0 Å². The van der Waals surface area contributed by atoms with E-state index in [1.165, 1.54) is 0 Å². The first-order valence-corrected chi connectivity index (χ1v) is 5.56. The lowest BCUT2D eigenvalue weighted by atomic mass is 10.2. The average Bonchev–Trinajstić information content (AvgIpc) is 2.36. The van der Waals surface area contributed by atoms with Crippen LogP contribution in [0.2, 0.25) is 0 Å². The van der Waals surface area contributed by atoms with Gasteiger partial charge in [0.15, 0.2) is 0 Å². The number of ether oxygens (including phenoxy) is 1. The zero-order valence-electron chi connectivity index (χ0n) is 9.91. The highest BCUT2D eigenvalue weighted by Crippen LogP contribution is 2.16. The molecule has 2 aromatic rings. The molecular weight excluding hydrogens is 218 g/mol. The number of aromatic amines is 1. The molecule has 1 aromatic carbocycles. The summed E-state index contributed by atoms with van der Waals surface area (Å²) in [6.07, 6.45) is 0.977. The summed E-state index contributed by atoms with van der Waals surface area (Å²) >= 11 is 0. The zero-order valence-corrected chi connectivity index (χ0v) is 9.91. The number of benzene rings is 1. The van der Waals surface area contributed by atoms with Gasteiger partial charge < -0.3 is 10.1 Å². The third-order valence-electron chi connectivity index (χ3n) is 2.45. The number of aromatic nitrogens is 2. The summed E-state index contributed by atoms with van der Waals surface area (Å²) in [5.41, 5.74) is 0.501. The molecule has 2 rings (SSSR count). The predicted octanol–water partition coefficient (Wildman–Crippen LogP) is 1.75. The molecule has 0 radical (unpaired) electrons. The molecule has 0 unspecified atom stereocenters. The van der Waals surface area contributed by atoms with Gasteiger partial charge in [-0.05, 0) is 24.6 Å². The van der Waals surface area contributed by atoms with Crippen molar-refractivity contribution in [3.63, 3.8) is 0 Å². The van der Waals surface area contributed by atoms with Crippen LogP contribution in [0, 0.1) is 0 Å². The van der Waals surface area contributed by atoms with Crippen LogP contribution in [0.3, 0.4) is 0 Å². The Morgan fingerprint density at radius 3 is 3.00 bits per heavy atom. The fourth-order valence-electron chi connectivity index (χ4n) is 1.57. The summed E-state index contributed by atoms with van der Waals surface area (Å²) in [6, 6.07) is 5.25. The minimum Gasteiger partial charge on any atom is -0.497 e. The smallest absolute Gasteiger partial charge is 0.260 e. The van der Waals surface area contributed by atoms with Gasteiger partial charge in [0.1, 0.15) is 5.75 Å². The first kappa shape index (κ1) is 11.4. The second-order valence-corrected chi connectivity index (χ2v) is 3.72. The predicted molar refractivity (Wildman–Crippen MR) is 67.7 cm³/mol. The molecule has 0 spiro atoms. The van der Waals surface area contributed by atoms with E-state index < -0.39 is 0 Å². The highest BCUT2D eigenvalue weighted by molar-refractivity contribution is 5.80. The third kappa shape index (κ3) is 2.38. The summed E-state index contributed by atoms with van der Waals surface area (Å²) in [5, 5.41) is 3.59. The van der Waals surface area contributed by atoms with Gasteiger partial charge >= 0.3 is 0 Å². The van der Waals surface area contributed by atoms with Crippen molar-refractivity contribution in [2.24, 2.45) is 0 Å². The van der Waals surface area contributed by atoms with Gasteiger partial charge in [0.05, 0.1) is 18.0 Å². The van der Waals surface area contributed by atoms with Crippen molar-refractivity contribution < 1.29 is 4.74 Å². The summed E-state index contributed by atoms with van der Waals surface area (Å²) < 4.78 is 5.08. The Morgan fingerprint density at radius 2 is 2.29 bits per heavy atom. The Bertz CT molecular complexity index is 577. The highest BCUT2D eigenvalue weighted by Gasteiger charge is 2.04.